The molecule has 0 saturated heterocycles. The molecule has 0 spiro atoms. The third kappa shape index (κ3) is 6.11. The van der Waals surface area contributed by atoms with Crippen molar-refractivity contribution in [3.8, 4) is 0 Å². The lowest BCUT2D eigenvalue weighted by molar-refractivity contribution is -0.144. The molecule has 98 valence electrons. The molecule has 0 aromatic heterocycles. The molecule has 0 aromatic carbocycles. The number of alkyl halides is 1. The van der Waals surface area contributed by atoms with Crippen molar-refractivity contribution in [2.24, 2.45) is 5.92 Å². The molecule has 1 atom stereocenters. The van der Waals surface area contributed by atoms with Crippen molar-refractivity contribution in [2.45, 2.75) is 26.3 Å². The Morgan fingerprint density at radius 2 is 1.88 bits per heavy atom. The average molecular weight is 265 g/mol. The van der Waals surface area contributed by atoms with Gasteiger partial charge in [-0.3, -0.25) is 10.1 Å². The molecule has 0 fully saturated rings. The molecule has 0 aliphatic heterocycles. The van der Waals surface area contributed by atoms with Gasteiger partial charge in [-0.05, 0) is 5.92 Å². The van der Waals surface area contributed by atoms with Crippen molar-refractivity contribution < 1.29 is 19.1 Å². The van der Waals surface area contributed by atoms with Crippen molar-refractivity contribution >= 4 is 29.5 Å². The Morgan fingerprint density at radius 3 is 2.29 bits per heavy atom. The van der Waals surface area contributed by atoms with E-state index in [-0.39, 0.29) is 18.2 Å². The molecule has 0 aliphatic carbocycles. The maximum atomic E-state index is 11.4. The number of urea groups is 1. The van der Waals surface area contributed by atoms with E-state index < -0.39 is 23.9 Å². The number of hydrogen-bond acceptors (Lipinski definition) is 4. The Hall–Kier alpha value is -1.30. The molecule has 0 aromatic rings. The van der Waals surface area contributed by atoms with Crippen LogP contribution in [-0.2, 0) is 14.3 Å². The first-order valence-electron chi connectivity index (χ1n) is 5.16. The fourth-order valence-corrected chi connectivity index (χ4v) is 1.25. The van der Waals surface area contributed by atoms with Crippen LogP contribution in [0.2, 0.25) is 0 Å². The fraction of sp³-hybridized carbons (Fsp3) is 0.700. The number of esters is 1. The minimum Gasteiger partial charge on any atom is -0.467 e. The maximum absolute atomic E-state index is 11.4. The van der Waals surface area contributed by atoms with E-state index in [4.69, 9.17) is 11.6 Å². The molecule has 7 heteroatoms. The van der Waals surface area contributed by atoms with Gasteiger partial charge in [0.1, 0.15) is 6.04 Å². The number of hydrogen-bond donors (Lipinski definition) is 2. The summed E-state index contributed by atoms with van der Waals surface area (Å²) in [7, 11) is 1.23. The van der Waals surface area contributed by atoms with Gasteiger partial charge < -0.3 is 10.1 Å². The first kappa shape index (κ1) is 15.7. The number of ether oxygens (including phenoxy) is 1. The van der Waals surface area contributed by atoms with E-state index in [9.17, 15) is 14.4 Å². The number of amides is 3. The van der Waals surface area contributed by atoms with E-state index in [0.717, 1.165) is 0 Å². The quantitative estimate of drug-likeness (QED) is 0.564. The van der Waals surface area contributed by atoms with E-state index in [2.05, 4.69) is 15.4 Å². The Kier molecular flexibility index (Phi) is 7.29. The Labute approximate surface area is 105 Å². The van der Waals surface area contributed by atoms with Crippen LogP contribution in [0, 0.1) is 5.92 Å². The smallest absolute Gasteiger partial charge is 0.328 e. The van der Waals surface area contributed by atoms with Gasteiger partial charge in [-0.2, -0.15) is 0 Å². The van der Waals surface area contributed by atoms with Crippen molar-refractivity contribution in [1.29, 1.82) is 0 Å². The molecule has 0 rings (SSSR count). The molecular formula is C10H17ClN2O4. The van der Waals surface area contributed by atoms with Crippen molar-refractivity contribution in [2.75, 3.05) is 13.0 Å². The van der Waals surface area contributed by atoms with Crippen LogP contribution in [-0.4, -0.2) is 36.9 Å². The van der Waals surface area contributed by atoms with E-state index >= 15 is 0 Å². The summed E-state index contributed by atoms with van der Waals surface area (Å²) in [5, 5.41) is 4.43. The Morgan fingerprint density at radius 1 is 1.29 bits per heavy atom. The minimum absolute atomic E-state index is 0.0412. The van der Waals surface area contributed by atoms with Gasteiger partial charge in [0.2, 0.25) is 5.91 Å². The summed E-state index contributed by atoms with van der Waals surface area (Å²) in [6, 6.07) is -1.52. The number of carbonyl (C=O) groups excluding carboxylic acids is 3. The highest BCUT2D eigenvalue weighted by Crippen LogP contribution is 2.03. The number of carbonyl (C=O) groups is 3. The van der Waals surface area contributed by atoms with Crippen molar-refractivity contribution in [1.82, 2.24) is 10.6 Å². The zero-order valence-corrected chi connectivity index (χ0v) is 10.8. The number of halogens is 1. The third-order valence-electron chi connectivity index (χ3n) is 1.98. The Balaban J connectivity index is 4.32. The molecule has 17 heavy (non-hydrogen) atoms. The van der Waals surface area contributed by atoms with E-state index in [1.54, 1.807) is 13.8 Å². The van der Waals surface area contributed by atoms with Crippen LogP contribution in [0.4, 0.5) is 4.79 Å². The minimum atomic E-state index is -0.788. The van der Waals surface area contributed by atoms with Gasteiger partial charge in [-0.1, -0.05) is 13.8 Å². The first-order chi connectivity index (χ1) is 7.92. The lowest BCUT2D eigenvalue weighted by Gasteiger charge is -2.19. The van der Waals surface area contributed by atoms with Gasteiger partial charge in [-0.15, -0.1) is 11.6 Å². The van der Waals surface area contributed by atoms with Crippen LogP contribution in [0.5, 0.6) is 0 Å². The summed E-state index contributed by atoms with van der Waals surface area (Å²) in [4.78, 5) is 33.8. The van der Waals surface area contributed by atoms with E-state index in [1.165, 1.54) is 7.11 Å². The molecule has 0 bridgehead atoms. The summed E-state index contributed by atoms with van der Waals surface area (Å²) in [5.41, 5.74) is 0. The zero-order chi connectivity index (χ0) is 13.4. The predicted molar refractivity (Wildman–Crippen MR) is 62.7 cm³/mol. The number of imide groups is 1. The number of rotatable bonds is 5. The number of methoxy groups -OCH3 is 1. The van der Waals surface area contributed by atoms with Gasteiger partial charge >= 0.3 is 12.0 Å². The lowest BCUT2D eigenvalue weighted by atomic mass is 10.1. The molecule has 0 saturated carbocycles. The normalized spacial score (nSPS) is 11.8. The van der Waals surface area contributed by atoms with Crippen LogP contribution in [0.25, 0.3) is 0 Å². The second-order valence-electron chi connectivity index (χ2n) is 3.71. The van der Waals surface area contributed by atoms with Gasteiger partial charge in [0, 0.05) is 12.3 Å². The van der Waals surface area contributed by atoms with Gasteiger partial charge in [-0.25, -0.2) is 9.59 Å². The monoisotopic (exact) mass is 264 g/mol. The van der Waals surface area contributed by atoms with Crippen LogP contribution < -0.4 is 10.6 Å². The van der Waals surface area contributed by atoms with Crippen LogP contribution in [0.1, 0.15) is 20.3 Å². The van der Waals surface area contributed by atoms with Crippen molar-refractivity contribution in [3.05, 3.63) is 0 Å². The van der Waals surface area contributed by atoms with Crippen LogP contribution in [0.3, 0.4) is 0 Å². The zero-order valence-electron chi connectivity index (χ0n) is 10.1. The van der Waals surface area contributed by atoms with Gasteiger partial charge in [0.05, 0.1) is 7.11 Å². The van der Waals surface area contributed by atoms with Gasteiger partial charge in [0.25, 0.3) is 0 Å². The topological polar surface area (TPSA) is 84.5 Å². The summed E-state index contributed by atoms with van der Waals surface area (Å²) >= 11 is 5.34. The molecule has 1 unspecified atom stereocenters. The van der Waals surface area contributed by atoms with E-state index in [0.29, 0.717) is 0 Å². The molecule has 0 radical (unpaired) electrons. The Bertz CT molecular complexity index is 294. The van der Waals surface area contributed by atoms with Crippen LogP contribution >= 0.6 is 11.6 Å². The summed E-state index contributed by atoms with van der Waals surface area (Å²) in [5.74, 6) is -1.06. The molecule has 2 N–H and O–H groups in total. The molecule has 0 heterocycles. The fourth-order valence-electron chi connectivity index (χ4n) is 1.08. The highest BCUT2D eigenvalue weighted by atomic mass is 35.5. The SMILES string of the molecule is COC(=O)C(NC(=O)NC(=O)CCCl)C(C)C. The maximum Gasteiger partial charge on any atom is 0.328 e. The molecular weight excluding hydrogens is 248 g/mol. The third-order valence-corrected chi connectivity index (χ3v) is 2.17. The second kappa shape index (κ2) is 7.89. The predicted octanol–water partition coefficient (Wildman–Crippen LogP) is 0.639. The van der Waals surface area contributed by atoms with Crippen molar-refractivity contribution in [3.63, 3.8) is 0 Å². The van der Waals surface area contributed by atoms with Crippen LogP contribution in [0.15, 0.2) is 0 Å². The average Bonchev–Trinajstić information content (AvgIpc) is 2.24. The van der Waals surface area contributed by atoms with Gasteiger partial charge in [0.15, 0.2) is 0 Å². The standard InChI is InChI=1S/C10H17ClN2O4/c1-6(2)8(9(15)17-3)13-10(16)12-7(14)4-5-11/h6,8H,4-5H2,1-3H3,(H2,12,13,14,16). The molecule has 0 aliphatic rings. The largest absolute Gasteiger partial charge is 0.467 e. The molecule has 3 amide bonds. The lowest BCUT2D eigenvalue weighted by Crippen LogP contribution is -2.50. The summed E-state index contributed by atoms with van der Waals surface area (Å²) in [6.45, 7) is 3.50. The summed E-state index contributed by atoms with van der Waals surface area (Å²) in [6.07, 6.45) is 0.0412. The first-order valence-corrected chi connectivity index (χ1v) is 5.70. The highest BCUT2D eigenvalue weighted by molar-refractivity contribution is 6.19. The highest BCUT2D eigenvalue weighted by Gasteiger charge is 2.25. The summed E-state index contributed by atoms with van der Waals surface area (Å²) < 4.78 is 4.54. The van der Waals surface area contributed by atoms with E-state index in [1.807, 2.05) is 0 Å². The second-order valence-corrected chi connectivity index (χ2v) is 4.08. The number of nitrogens with one attached hydrogen (secondary N) is 2. The molecule has 6 nitrogen and oxygen atoms in total.